The van der Waals surface area contributed by atoms with Crippen molar-refractivity contribution in [1.82, 2.24) is 0 Å². The minimum Gasteiger partial charge on any atom is -0.273 e. The second-order valence-corrected chi connectivity index (χ2v) is 8.30. The van der Waals surface area contributed by atoms with Crippen molar-refractivity contribution in [1.29, 1.82) is 0 Å². The van der Waals surface area contributed by atoms with Crippen LogP contribution >= 0.6 is 15.9 Å². The number of anilines is 2. The number of benzene rings is 3. The van der Waals surface area contributed by atoms with E-state index < -0.39 is 28.7 Å². The molecule has 0 aromatic heterocycles. The van der Waals surface area contributed by atoms with Gasteiger partial charge in [0.1, 0.15) is 12.0 Å². The van der Waals surface area contributed by atoms with Crippen LogP contribution in [0.3, 0.4) is 0 Å². The van der Waals surface area contributed by atoms with Crippen molar-refractivity contribution in [2.75, 3.05) is 9.91 Å². The maximum atomic E-state index is 13.5. The molecule has 0 spiro atoms. The molecule has 0 unspecified atom stereocenters. The number of para-hydroxylation sites is 1. The Balaban J connectivity index is 1.59. The highest BCUT2D eigenvalue weighted by Crippen LogP contribution is 2.39. The highest BCUT2D eigenvalue weighted by atomic mass is 79.9. The Morgan fingerprint density at radius 2 is 1.50 bits per heavy atom. The first-order valence-electron chi connectivity index (χ1n) is 9.76. The van der Waals surface area contributed by atoms with Gasteiger partial charge >= 0.3 is 0 Å². The third kappa shape index (κ3) is 3.18. The number of carbonyl (C=O) groups is 2. The van der Waals surface area contributed by atoms with Crippen LogP contribution in [0.5, 0.6) is 0 Å². The summed E-state index contributed by atoms with van der Waals surface area (Å²) in [6, 6.07) is 21.2. The monoisotopic (exact) mass is 490 g/mol. The summed E-state index contributed by atoms with van der Waals surface area (Å²) in [5.41, 5.74) is 2.13. The van der Waals surface area contributed by atoms with Crippen molar-refractivity contribution in [3.8, 4) is 0 Å². The van der Waals surface area contributed by atoms with Crippen LogP contribution in [0.25, 0.3) is 0 Å². The Morgan fingerprint density at radius 1 is 0.844 bits per heavy atom. The smallest absolute Gasteiger partial charge is 0.269 e. The molecule has 5 rings (SSSR count). The van der Waals surface area contributed by atoms with E-state index in [1.807, 2.05) is 54.6 Å². The van der Waals surface area contributed by atoms with Gasteiger partial charge in [0.15, 0.2) is 0 Å². The Morgan fingerprint density at radius 3 is 2.12 bits per heavy atom. The molecule has 2 aliphatic rings. The van der Waals surface area contributed by atoms with Crippen molar-refractivity contribution in [3.63, 3.8) is 0 Å². The first-order chi connectivity index (χ1) is 15.5. The van der Waals surface area contributed by atoms with Crippen LogP contribution < -0.4 is 9.91 Å². The number of hydrogen-bond donors (Lipinski definition) is 0. The van der Waals surface area contributed by atoms with Crippen molar-refractivity contribution >= 4 is 50.5 Å². The standard InChI is InChI=1S/C23H15BrN4O4/c24-15-8-6-14(7-9-15)20-19-21(27(25-20)17-4-2-1-3-5-17)23(30)26(22(19)29)16-10-12-18(13-11-16)28(31)32/h1-13,19,21H/t19-,21-/m1/s1. The van der Waals surface area contributed by atoms with Crippen molar-refractivity contribution in [2.24, 2.45) is 11.0 Å². The third-order valence-corrected chi connectivity index (χ3v) is 6.06. The van der Waals surface area contributed by atoms with Gasteiger partial charge in [-0.3, -0.25) is 24.7 Å². The normalized spacial score (nSPS) is 19.8. The molecule has 1 fully saturated rings. The molecule has 0 saturated carbocycles. The number of nitro benzene ring substituents is 1. The van der Waals surface area contributed by atoms with Crippen molar-refractivity contribution in [3.05, 3.63) is 99.0 Å². The van der Waals surface area contributed by atoms with E-state index in [2.05, 4.69) is 21.0 Å². The summed E-state index contributed by atoms with van der Waals surface area (Å²) in [5, 5.41) is 17.3. The Bertz CT molecular complexity index is 1260. The van der Waals surface area contributed by atoms with E-state index >= 15 is 0 Å². The minimum atomic E-state index is -0.835. The second-order valence-electron chi connectivity index (χ2n) is 7.38. The van der Waals surface area contributed by atoms with E-state index in [1.165, 1.54) is 24.3 Å². The van der Waals surface area contributed by atoms with Crippen LogP contribution in [0.1, 0.15) is 5.56 Å². The maximum Gasteiger partial charge on any atom is 0.269 e. The van der Waals surface area contributed by atoms with Gasteiger partial charge in [0.2, 0.25) is 5.91 Å². The lowest BCUT2D eigenvalue weighted by Gasteiger charge is -2.22. The molecule has 2 heterocycles. The summed E-state index contributed by atoms with van der Waals surface area (Å²) >= 11 is 3.41. The Labute approximate surface area is 191 Å². The third-order valence-electron chi connectivity index (χ3n) is 5.53. The summed E-state index contributed by atoms with van der Waals surface area (Å²) in [4.78, 5) is 38.5. The van der Waals surface area contributed by atoms with Crippen molar-refractivity contribution in [2.45, 2.75) is 6.04 Å². The molecule has 32 heavy (non-hydrogen) atoms. The number of halogens is 1. The van der Waals surface area contributed by atoms with E-state index in [1.54, 1.807) is 5.01 Å². The zero-order chi connectivity index (χ0) is 22.4. The molecule has 2 atom stereocenters. The van der Waals surface area contributed by atoms with Gasteiger partial charge in [0, 0.05) is 16.6 Å². The van der Waals surface area contributed by atoms with Crippen LogP contribution in [-0.2, 0) is 9.59 Å². The summed E-state index contributed by atoms with van der Waals surface area (Å²) in [6.07, 6.45) is 0. The average Bonchev–Trinajstić information content (AvgIpc) is 3.32. The van der Waals surface area contributed by atoms with Crippen LogP contribution in [0.15, 0.2) is 88.4 Å². The number of nitro groups is 1. The number of nitrogens with zero attached hydrogens (tertiary/aromatic N) is 4. The molecule has 8 nitrogen and oxygen atoms in total. The largest absolute Gasteiger partial charge is 0.273 e. The molecule has 3 aromatic carbocycles. The quantitative estimate of drug-likeness (QED) is 0.311. The van der Waals surface area contributed by atoms with Gasteiger partial charge in [-0.25, -0.2) is 4.90 Å². The zero-order valence-electron chi connectivity index (χ0n) is 16.5. The lowest BCUT2D eigenvalue weighted by molar-refractivity contribution is -0.384. The lowest BCUT2D eigenvalue weighted by Crippen LogP contribution is -2.39. The fourth-order valence-corrected chi connectivity index (χ4v) is 4.31. The molecular formula is C23H15BrN4O4. The number of amides is 2. The fraction of sp³-hybridized carbons (Fsp3) is 0.0870. The van der Waals surface area contributed by atoms with Crippen LogP contribution in [0, 0.1) is 16.0 Å². The maximum absolute atomic E-state index is 13.5. The molecule has 1 saturated heterocycles. The number of hydrogen-bond acceptors (Lipinski definition) is 6. The van der Waals surface area contributed by atoms with Gasteiger partial charge in [-0.1, -0.05) is 46.3 Å². The molecule has 0 aliphatic carbocycles. The SMILES string of the molecule is O=C1[C@@H]2C(c3ccc(Br)cc3)=NN(c3ccccc3)[C@H]2C(=O)N1c1ccc([N+](=O)[O-])cc1. The summed E-state index contributed by atoms with van der Waals surface area (Å²) in [7, 11) is 0. The zero-order valence-corrected chi connectivity index (χ0v) is 18.0. The summed E-state index contributed by atoms with van der Waals surface area (Å²) in [5.74, 6) is -1.62. The van der Waals surface area contributed by atoms with E-state index in [9.17, 15) is 19.7 Å². The van der Waals surface area contributed by atoms with Gasteiger partial charge < -0.3 is 0 Å². The molecule has 0 N–H and O–H groups in total. The number of rotatable bonds is 4. The fourth-order valence-electron chi connectivity index (χ4n) is 4.05. The highest BCUT2D eigenvalue weighted by molar-refractivity contribution is 9.10. The molecule has 158 valence electrons. The van der Waals surface area contributed by atoms with Gasteiger partial charge in [-0.2, -0.15) is 5.10 Å². The number of hydrazone groups is 1. The number of carbonyl (C=O) groups excluding carboxylic acids is 2. The Kier molecular flexibility index (Phi) is 4.82. The number of non-ortho nitro benzene ring substituents is 1. The van der Waals surface area contributed by atoms with Gasteiger partial charge in [-0.05, 0) is 42.0 Å². The van der Waals surface area contributed by atoms with Gasteiger partial charge in [0.05, 0.1) is 22.0 Å². The van der Waals surface area contributed by atoms with E-state index in [4.69, 9.17) is 0 Å². The average molecular weight is 491 g/mol. The minimum absolute atomic E-state index is 0.115. The topological polar surface area (TPSA) is 96.1 Å². The van der Waals surface area contributed by atoms with E-state index in [-0.39, 0.29) is 5.69 Å². The lowest BCUT2D eigenvalue weighted by atomic mass is 9.93. The van der Waals surface area contributed by atoms with Crippen molar-refractivity contribution < 1.29 is 14.5 Å². The van der Waals surface area contributed by atoms with E-state index in [0.29, 0.717) is 17.1 Å². The molecule has 3 aromatic rings. The number of fused-ring (bicyclic) bond motifs is 1. The number of imide groups is 1. The molecule has 0 radical (unpaired) electrons. The molecule has 9 heteroatoms. The molecule has 2 amide bonds. The Hall–Kier alpha value is -3.85. The molecule has 2 aliphatic heterocycles. The van der Waals surface area contributed by atoms with Crippen LogP contribution in [0.4, 0.5) is 17.1 Å². The predicted octanol–water partition coefficient (Wildman–Crippen LogP) is 4.14. The van der Waals surface area contributed by atoms with E-state index in [0.717, 1.165) is 14.9 Å². The van der Waals surface area contributed by atoms with Gasteiger partial charge in [-0.15, -0.1) is 0 Å². The molecular weight excluding hydrogens is 476 g/mol. The first kappa shape index (κ1) is 20.1. The molecule has 0 bridgehead atoms. The van der Waals surface area contributed by atoms with Gasteiger partial charge in [0.25, 0.3) is 11.6 Å². The predicted molar refractivity (Wildman–Crippen MR) is 122 cm³/mol. The highest BCUT2D eigenvalue weighted by Gasteiger charge is 2.57. The summed E-state index contributed by atoms with van der Waals surface area (Å²) in [6.45, 7) is 0. The second kappa shape index (κ2) is 7.69. The van der Waals surface area contributed by atoms with Crippen LogP contribution in [0.2, 0.25) is 0 Å². The first-order valence-corrected chi connectivity index (χ1v) is 10.6. The van der Waals surface area contributed by atoms with Crippen LogP contribution in [-0.4, -0.2) is 28.5 Å². The summed E-state index contributed by atoms with van der Waals surface area (Å²) < 4.78 is 0.887.